The zero-order chi connectivity index (χ0) is 21.6. The van der Waals surface area contributed by atoms with Crippen molar-refractivity contribution >= 4 is 23.0 Å². The summed E-state index contributed by atoms with van der Waals surface area (Å²) in [7, 11) is 1.74. The van der Waals surface area contributed by atoms with Crippen LogP contribution in [0.3, 0.4) is 0 Å². The van der Waals surface area contributed by atoms with Gasteiger partial charge in [-0.25, -0.2) is 0 Å². The highest BCUT2D eigenvalue weighted by molar-refractivity contribution is 6.07. The zero-order valence-corrected chi connectivity index (χ0v) is 17.9. The van der Waals surface area contributed by atoms with Crippen molar-refractivity contribution in [2.75, 3.05) is 48.8 Å². The lowest BCUT2D eigenvalue weighted by Crippen LogP contribution is -2.43. The number of ether oxygens (including phenoxy) is 1. The number of H-pyrrole nitrogens is 1. The number of methoxy groups -OCH3 is 1. The van der Waals surface area contributed by atoms with E-state index in [0.29, 0.717) is 17.5 Å². The molecule has 4 rings (SSSR count). The number of rotatable bonds is 6. The summed E-state index contributed by atoms with van der Waals surface area (Å²) in [5.74, 6) is -0.412. The van der Waals surface area contributed by atoms with E-state index >= 15 is 0 Å². The van der Waals surface area contributed by atoms with Crippen molar-refractivity contribution in [2.24, 2.45) is 0 Å². The molecule has 8 nitrogen and oxygen atoms in total. The van der Waals surface area contributed by atoms with Crippen LogP contribution >= 0.6 is 0 Å². The summed E-state index contributed by atoms with van der Waals surface area (Å²) in [6, 6.07) is 9.74. The smallest absolute Gasteiger partial charge is 0.263 e. The minimum absolute atomic E-state index is 0.113. The lowest BCUT2D eigenvalue weighted by atomic mass is 9.92. The fraction of sp³-hybridized carbons (Fsp3) is 0.478. The van der Waals surface area contributed by atoms with E-state index in [4.69, 9.17) is 4.74 Å². The third kappa shape index (κ3) is 5.26. The Morgan fingerprint density at radius 1 is 1.06 bits per heavy atom. The molecule has 2 fully saturated rings. The van der Waals surface area contributed by atoms with E-state index in [1.165, 1.54) is 0 Å². The summed E-state index contributed by atoms with van der Waals surface area (Å²) in [5.41, 5.74) is 2.08. The van der Waals surface area contributed by atoms with Gasteiger partial charge in [-0.2, -0.15) is 0 Å². The highest BCUT2D eigenvalue weighted by Gasteiger charge is 2.23. The Kier molecular flexibility index (Phi) is 6.89. The molecule has 31 heavy (non-hydrogen) atoms. The second kappa shape index (κ2) is 9.98. The van der Waals surface area contributed by atoms with Gasteiger partial charge in [0.25, 0.3) is 11.5 Å². The number of carbonyl (C=O) groups is 1. The lowest BCUT2D eigenvalue weighted by Gasteiger charge is -2.29. The number of hydrogen-bond acceptors (Lipinski definition) is 6. The van der Waals surface area contributed by atoms with Crippen LogP contribution in [-0.4, -0.2) is 56.3 Å². The summed E-state index contributed by atoms with van der Waals surface area (Å²) < 4.78 is 5.43. The number of aromatic nitrogens is 1. The molecule has 0 unspecified atom stereocenters. The third-order valence-electron chi connectivity index (χ3n) is 6.16. The summed E-state index contributed by atoms with van der Waals surface area (Å²) in [6.07, 6.45) is 5.70. The topological polar surface area (TPSA) is 98.5 Å². The van der Waals surface area contributed by atoms with Crippen molar-refractivity contribution in [1.29, 1.82) is 0 Å². The Balaban J connectivity index is 1.44. The van der Waals surface area contributed by atoms with Gasteiger partial charge in [0, 0.05) is 56.9 Å². The first-order valence-electron chi connectivity index (χ1n) is 11.0. The lowest BCUT2D eigenvalue weighted by molar-refractivity contribution is 0.0681. The van der Waals surface area contributed by atoms with Crippen molar-refractivity contribution in [3.05, 3.63) is 52.4 Å². The molecule has 0 atom stereocenters. The van der Waals surface area contributed by atoms with Crippen LogP contribution in [0.2, 0.25) is 0 Å². The number of aromatic amines is 1. The van der Waals surface area contributed by atoms with Gasteiger partial charge in [-0.15, -0.1) is 0 Å². The molecule has 0 radical (unpaired) electrons. The maximum absolute atomic E-state index is 13.0. The molecule has 1 aliphatic carbocycles. The van der Waals surface area contributed by atoms with E-state index in [-0.39, 0.29) is 11.6 Å². The molecular weight excluding hydrogens is 394 g/mol. The number of amides is 1. The molecule has 1 saturated heterocycles. The minimum Gasteiger partial charge on any atom is -0.381 e. The number of pyridine rings is 1. The fourth-order valence-electron chi connectivity index (χ4n) is 4.36. The van der Waals surface area contributed by atoms with E-state index < -0.39 is 11.5 Å². The summed E-state index contributed by atoms with van der Waals surface area (Å²) in [4.78, 5) is 30.4. The van der Waals surface area contributed by atoms with Crippen molar-refractivity contribution < 1.29 is 9.53 Å². The maximum atomic E-state index is 13.0. The van der Waals surface area contributed by atoms with Crippen LogP contribution in [0, 0.1) is 0 Å². The second-order valence-electron chi connectivity index (χ2n) is 8.19. The van der Waals surface area contributed by atoms with Gasteiger partial charge in [-0.3, -0.25) is 9.59 Å². The van der Waals surface area contributed by atoms with Crippen LogP contribution in [0.15, 0.2) is 41.3 Å². The quantitative estimate of drug-likeness (QED) is 0.567. The largest absolute Gasteiger partial charge is 0.381 e. The molecule has 2 aromatic rings. The summed E-state index contributed by atoms with van der Waals surface area (Å²) in [6.45, 7) is 3.87. The fourth-order valence-corrected chi connectivity index (χ4v) is 4.36. The van der Waals surface area contributed by atoms with Gasteiger partial charge < -0.3 is 30.6 Å². The molecule has 1 amide bonds. The predicted molar refractivity (Wildman–Crippen MR) is 123 cm³/mol. The van der Waals surface area contributed by atoms with Crippen molar-refractivity contribution in [2.45, 2.75) is 37.8 Å². The van der Waals surface area contributed by atoms with Gasteiger partial charge in [0.05, 0.1) is 11.8 Å². The molecule has 1 aromatic heterocycles. The highest BCUT2D eigenvalue weighted by atomic mass is 16.5. The van der Waals surface area contributed by atoms with Gasteiger partial charge in [-0.1, -0.05) is 0 Å². The van der Waals surface area contributed by atoms with Crippen molar-refractivity contribution in [3.8, 4) is 0 Å². The van der Waals surface area contributed by atoms with Crippen LogP contribution < -0.4 is 26.4 Å². The highest BCUT2D eigenvalue weighted by Crippen LogP contribution is 2.25. The molecule has 0 bridgehead atoms. The van der Waals surface area contributed by atoms with Crippen molar-refractivity contribution in [1.82, 2.24) is 10.3 Å². The zero-order valence-electron chi connectivity index (χ0n) is 17.9. The molecule has 1 aliphatic heterocycles. The first kappa shape index (κ1) is 21.4. The van der Waals surface area contributed by atoms with Crippen LogP contribution in [0.25, 0.3) is 0 Å². The number of carbonyl (C=O) groups excluding carboxylic acids is 1. The van der Waals surface area contributed by atoms with Gasteiger partial charge in [0.15, 0.2) is 0 Å². The van der Waals surface area contributed by atoms with E-state index in [2.05, 4.69) is 25.8 Å². The monoisotopic (exact) mass is 425 g/mol. The Bertz CT molecular complexity index is 929. The molecule has 4 N–H and O–H groups in total. The number of nitrogens with one attached hydrogen (secondary N) is 4. The molecule has 166 valence electrons. The van der Waals surface area contributed by atoms with E-state index in [1.807, 2.05) is 24.3 Å². The first-order chi connectivity index (χ1) is 15.1. The number of benzene rings is 1. The third-order valence-corrected chi connectivity index (χ3v) is 6.16. The average molecular weight is 426 g/mol. The first-order valence-corrected chi connectivity index (χ1v) is 11.0. The van der Waals surface area contributed by atoms with Crippen LogP contribution in [0.5, 0.6) is 0 Å². The molecule has 1 aromatic carbocycles. The van der Waals surface area contributed by atoms with Crippen LogP contribution in [0.1, 0.15) is 36.0 Å². The number of piperazine rings is 1. The Labute approximate surface area is 182 Å². The Hall–Kier alpha value is -2.84. The van der Waals surface area contributed by atoms with E-state index in [0.717, 1.165) is 57.5 Å². The molecule has 0 spiro atoms. The predicted octanol–water partition coefficient (Wildman–Crippen LogP) is 2.41. The summed E-state index contributed by atoms with van der Waals surface area (Å²) >= 11 is 0. The minimum atomic E-state index is -0.412. The van der Waals surface area contributed by atoms with Crippen LogP contribution in [-0.2, 0) is 4.74 Å². The van der Waals surface area contributed by atoms with Gasteiger partial charge >= 0.3 is 0 Å². The second-order valence-corrected chi connectivity index (χ2v) is 8.19. The SMILES string of the molecule is COC1CCC(Nc2cc[nH]c(=O)c2C(=O)Nc2ccc(N3CCNCC3)cc2)CC1. The Morgan fingerprint density at radius 2 is 1.77 bits per heavy atom. The standard InChI is InChI=1S/C23H31N5O3/c1-31-19-8-4-16(5-9-19)26-20-10-11-25-22(29)21(20)23(30)27-17-2-6-18(7-3-17)28-14-12-24-13-15-28/h2-3,6-7,10-11,16,19,24H,4-5,8-9,12-15H2,1H3,(H,27,30)(H2,25,26,29). The number of hydrogen-bond donors (Lipinski definition) is 4. The molecule has 1 saturated carbocycles. The van der Waals surface area contributed by atoms with Gasteiger partial charge in [-0.05, 0) is 56.0 Å². The molecule has 8 heteroatoms. The average Bonchev–Trinajstić information content (AvgIpc) is 2.81. The van der Waals surface area contributed by atoms with E-state index in [9.17, 15) is 9.59 Å². The summed E-state index contributed by atoms with van der Waals surface area (Å²) in [5, 5.41) is 9.62. The maximum Gasteiger partial charge on any atom is 0.263 e. The normalized spacial score (nSPS) is 21.5. The van der Waals surface area contributed by atoms with Gasteiger partial charge in [0.1, 0.15) is 5.56 Å². The Morgan fingerprint density at radius 3 is 2.45 bits per heavy atom. The van der Waals surface area contributed by atoms with E-state index in [1.54, 1.807) is 19.4 Å². The van der Waals surface area contributed by atoms with Gasteiger partial charge in [0.2, 0.25) is 0 Å². The molecule has 2 heterocycles. The number of anilines is 3. The number of nitrogens with zero attached hydrogens (tertiary/aromatic N) is 1. The molecular formula is C23H31N5O3. The van der Waals surface area contributed by atoms with Crippen molar-refractivity contribution in [3.63, 3.8) is 0 Å². The van der Waals surface area contributed by atoms with Crippen LogP contribution in [0.4, 0.5) is 17.1 Å². The molecule has 2 aliphatic rings.